The number of amides is 5. The molecule has 9 aliphatic rings. The summed E-state index contributed by atoms with van der Waals surface area (Å²) >= 11 is 5.61. The number of nitrogens with zero attached hydrogens (tertiary/aromatic N) is 12. The predicted molar refractivity (Wildman–Crippen MR) is 459 cm³/mol. The number of carbonyl (C=O) groups excluding carboxylic acids is 9. The van der Waals surface area contributed by atoms with Crippen LogP contribution >= 0.6 is 11.6 Å². The first kappa shape index (κ1) is 86.8. The number of hydrogen-bond donors (Lipinski definition) is 1. The van der Waals surface area contributed by atoms with Gasteiger partial charge in [0.1, 0.15) is 28.7 Å². The van der Waals surface area contributed by atoms with E-state index < -0.39 is 29.5 Å². The molecule has 0 bridgehead atoms. The monoisotopic (exact) mass is 1670 g/mol. The highest BCUT2D eigenvalue weighted by molar-refractivity contribution is 6.82. The van der Waals surface area contributed by atoms with Crippen LogP contribution in [0.1, 0.15) is 136 Å². The highest BCUT2D eigenvalue weighted by Crippen LogP contribution is 2.48. The third-order valence-electron chi connectivity index (χ3n) is 22.7. The SMILES string of the molecule is CCOC(=O)/C(Cl)=N/Nc1ccc(OC)cc1.CCOC(=O)C1=NN(c2ccc(OC)cc2)[C@@]2(N3CCOCC3)C(=O)N(c3ccc(C4CCCCC4=O)cc3)CC[C@@H]12.CCOC(=O)c1nn(-c2ccc(OC)cc2)c2c1CCN(c1ccc(N3CCCCC3=O)cc1)C2=O.O=C1CCCCN1c1ccc(N2CCC=C(N3CCOCC3)C2=O)cc1. The fourth-order valence-electron chi connectivity index (χ4n) is 16.6. The number of ether oxygens (including phenoxy) is 8. The van der Waals surface area contributed by atoms with Gasteiger partial charge in [0, 0.05) is 118 Å². The lowest BCUT2D eigenvalue weighted by molar-refractivity contribution is -0.140. The molecule has 9 heterocycles. The van der Waals surface area contributed by atoms with Gasteiger partial charge in [0.25, 0.3) is 17.7 Å². The molecule has 3 atom stereocenters. The minimum absolute atomic E-state index is 0.0555. The number of benzene rings is 6. The highest BCUT2D eigenvalue weighted by Gasteiger charge is 2.65. The number of rotatable bonds is 21. The molecular formula is C90H104ClN13O17. The number of hydrogen-bond acceptors (Lipinski definition) is 24. The van der Waals surface area contributed by atoms with Crippen molar-refractivity contribution in [2.75, 3.05) is 161 Å². The first-order valence-electron chi connectivity index (χ1n) is 41.6. The van der Waals surface area contributed by atoms with Gasteiger partial charge in [-0.3, -0.25) is 39.1 Å². The van der Waals surface area contributed by atoms with Gasteiger partial charge in [0.15, 0.2) is 11.4 Å². The highest BCUT2D eigenvalue weighted by atomic mass is 35.5. The van der Waals surface area contributed by atoms with Gasteiger partial charge < -0.3 is 67.3 Å². The molecule has 1 aliphatic carbocycles. The summed E-state index contributed by atoms with van der Waals surface area (Å²) in [5.41, 5.74) is 10.6. The summed E-state index contributed by atoms with van der Waals surface area (Å²) in [5.74, 6) is 0.0682. The van der Waals surface area contributed by atoms with Crippen LogP contribution in [0.25, 0.3) is 5.69 Å². The number of ketones is 1. The molecule has 30 nitrogen and oxygen atoms in total. The molecule has 0 spiro atoms. The van der Waals surface area contributed by atoms with Gasteiger partial charge in [0.05, 0.1) is 96.3 Å². The zero-order valence-corrected chi connectivity index (χ0v) is 70.0. The molecule has 0 radical (unpaired) electrons. The van der Waals surface area contributed by atoms with Crippen LogP contribution in [0.15, 0.2) is 168 Å². The second-order valence-corrected chi connectivity index (χ2v) is 30.2. The Morgan fingerprint density at radius 3 is 1.55 bits per heavy atom. The van der Waals surface area contributed by atoms with Crippen LogP contribution < -0.4 is 49.1 Å². The van der Waals surface area contributed by atoms with E-state index in [-0.39, 0.29) is 71.9 Å². The van der Waals surface area contributed by atoms with Crippen molar-refractivity contribution < 1.29 is 81.0 Å². The van der Waals surface area contributed by atoms with Crippen LogP contribution in [-0.2, 0) is 63.7 Å². The molecule has 1 N–H and O–H groups in total. The number of Topliss-reactive ketones (excluding diaryl/α,β-unsaturated/α-hetero) is 1. The van der Waals surface area contributed by atoms with E-state index in [9.17, 15) is 43.2 Å². The van der Waals surface area contributed by atoms with E-state index in [0.29, 0.717) is 143 Å². The van der Waals surface area contributed by atoms with E-state index in [2.05, 4.69) is 30.2 Å². The number of fused-ring (bicyclic) bond motifs is 2. The summed E-state index contributed by atoms with van der Waals surface area (Å²) in [6, 6.07) is 44.7. The molecule has 638 valence electrons. The van der Waals surface area contributed by atoms with Crippen molar-refractivity contribution >= 4 is 116 Å². The zero-order chi connectivity index (χ0) is 85.1. The number of morpholine rings is 2. The van der Waals surface area contributed by atoms with Gasteiger partial charge >= 0.3 is 17.9 Å². The standard InChI is InChI=1S/C32H38N4O6.C27H28N4O5.C20H25N3O3.C11H13ClN2O3/c1-3-42-30(38)29-27-16-17-35(23-10-8-22(9-11-23)26-6-4-5-7-28(26)37)31(39)32(27,34-18-20-41-21-19-34)36(33-29)24-12-14-25(40-2)15-13-24;1-3-36-27(34)24-22-15-17-30(19-9-7-18(8-10-19)29-16-5-4-6-23(29)32)26(33)25(22)31(28-24)20-11-13-21(35-2)14-12-20;24-19-5-1-2-10-22(19)16-6-8-17(9-7-16)23-11-3-4-18(20(23)25)21-12-14-26-15-13-21;1-3-17-11(15)10(12)14-13-8-4-6-9(16-2)7-5-8/h8-15,26-27H,3-7,16-21H2,1-2H3;7-14H,3-6,15-17H2,1-2H3;4,6-9H,1-3,5,10-15H2;4-7,13H,3H2,1-2H3/b;;;14-10-/t26?,27-,32+;;;/m0.../s1. The number of carbonyl (C=O) groups is 9. The molecule has 8 aliphatic heterocycles. The molecule has 6 fully saturated rings. The quantitative estimate of drug-likeness (QED) is 0.0302. The van der Waals surface area contributed by atoms with Crippen LogP contribution in [0.5, 0.6) is 17.2 Å². The van der Waals surface area contributed by atoms with Gasteiger partial charge in [-0.05, 0) is 218 Å². The Morgan fingerprint density at radius 1 is 0.504 bits per heavy atom. The molecule has 6 aromatic carbocycles. The first-order valence-corrected chi connectivity index (χ1v) is 42.0. The predicted octanol–water partition coefficient (Wildman–Crippen LogP) is 11.9. The van der Waals surface area contributed by atoms with Gasteiger partial charge in [-0.2, -0.15) is 15.3 Å². The summed E-state index contributed by atoms with van der Waals surface area (Å²) in [7, 11) is 4.76. The van der Waals surface area contributed by atoms with Crippen LogP contribution in [0.3, 0.4) is 0 Å². The molecule has 1 aromatic heterocycles. The lowest BCUT2D eigenvalue weighted by atomic mass is 9.79. The lowest BCUT2D eigenvalue weighted by Gasteiger charge is -2.53. The number of nitrogens with one attached hydrogen (secondary N) is 1. The maximum atomic E-state index is 15.0. The summed E-state index contributed by atoms with van der Waals surface area (Å²) in [6.07, 6.45) is 12.5. The number of esters is 3. The van der Waals surface area contributed by atoms with E-state index in [0.717, 1.165) is 116 Å². The normalized spacial score (nSPS) is 20.1. The maximum absolute atomic E-state index is 15.0. The van der Waals surface area contributed by atoms with Crippen LogP contribution in [0.4, 0.5) is 39.8 Å². The summed E-state index contributed by atoms with van der Waals surface area (Å²) in [4.78, 5) is 129. The van der Waals surface area contributed by atoms with Crippen molar-refractivity contribution in [2.24, 2.45) is 16.1 Å². The van der Waals surface area contributed by atoms with Crippen molar-refractivity contribution in [3.8, 4) is 22.9 Å². The first-order chi connectivity index (χ1) is 58.9. The summed E-state index contributed by atoms with van der Waals surface area (Å²) in [6.45, 7) is 13.7. The fourth-order valence-corrected chi connectivity index (χ4v) is 16.7. The van der Waals surface area contributed by atoms with Crippen molar-refractivity contribution in [1.82, 2.24) is 19.6 Å². The van der Waals surface area contributed by atoms with Crippen molar-refractivity contribution in [1.29, 1.82) is 0 Å². The van der Waals surface area contributed by atoms with Crippen LogP contribution in [-0.4, -0.2) is 216 Å². The Hall–Kier alpha value is -12.0. The zero-order valence-electron chi connectivity index (χ0n) is 69.3. The smallest absolute Gasteiger partial charge is 0.370 e. The second-order valence-electron chi connectivity index (χ2n) is 29.8. The third-order valence-corrected chi connectivity index (χ3v) is 23.0. The fraction of sp³-hybridized carbons (Fsp3) is 0.422. The van der Waals surface area contributed by atoms with E-state index in [1.54, 1.807) is 110 Å². The average molecular weight is 1680 g/mol. The van der Waals surface area contributed by atoms with E-state index in [1.807, 2.05) is 113 Å². The number of hydrazone groups is 2. The molecular weight excluding hydrogens is 1570 g/mol. The van der Waals surface area contributed by atoms with Crippen molar-refractivity contribution in [3.05, 3.63) is 180 Å². The van der Waals surface area contributed by atoms with Crippen molar-refractivity contribution in [2.45, 2.75) is 116 Å². The molecule has 1 unspecified atom stereocenters. The van der Waals surface area contributed by atoms with Gasteiger partial charge in [-0.1, -0.05) is 36.2 Å². The van der Waals surface area contributed by atoms with Gasteiger partial charge in [-0.15, -0.1) is 0 Å². The topological polar surface area (TPSA) is 308 Å². The summed E-state index contributed by atoms with van der Waals surface area (Å²) in [5, 5.41) is 14.5. The molecule has 16 rings (SSSR count). The Labute approximate surface area is 708 Å². The number of aromatic nitrogens is 2. The number of piperidine rings is 3. The van der Waals surface area contributed by atoms with Crippen molar-refractivity contribution in [3.63, 3.8) is 0 Å². The minimum Gasteiger partial charge on any atom is -0.497 e. The molecule has 5 amide bonds. The number of anilines is 7. The second kappa shape index (κ2) is 40.8. The minimum atomic E-state index is -1.28. The lowest BCUT2D eigenvalue weighted by Crippen LogP contribution is -2.74. The van der Waals surface area contributed by atoms with E-state index in [4.69, 9.17) is 49.9 Å². The Kier molecular flexibility index (Phi) is 29.3. The number of methoxy groups -OCH3 is 3. The number of halogens is 1. The Bertz CT molecular complexity index is 4940. The van der Waals surface area contributed by atoms with Gasteiger partial charge in [0.2, 0.25) is 22.6 Å². The largest absolute Gasteiger partial charge is 0.497 e. The summed E-state index contributed by atoms with van der Waals surface area (Å²) < 4.78 is 43.5. The van der Waals surface area contributed by atoms with E-state index >= 15 is 0 Å². The van der Waals surface area contributed by atoms with Gasteiger partial charge in [-0.25, -0.2) is 24.1 Å². The maximum Gasteiger partial charge on any atom is 0.370 e. The average Bonchev–Trinajstić information content (AvgIpc) is 1.57. The molecule has 7 aromatic rings. The molecule has 1 saturated carbocycles. The van der Waals surface area contributed by atoms with E-state index in [1.165, 1.54) is 4.68 Å². The molecule has 31 heteroatoms. The third kappa shape index (κ3) is 19.6. The Balaban J connectivity index is 0.000000146. The molecule has 5 saturated heterocycles. The molecule has 121 heavy (non-hydrogen) atoms. The van der Waals surface area contributed by atoms with Crippen LogP contribution in [0.2, 0.25) is 0 Å². The Morgan fingerprint density at radius 2 is 1.00 bits per heavy atom. The van der Waals surface area contributed by atoms with Crippen LogP contribution in [0, 0.1) is 5.92 Å².